The van der Waals surface area contributed by atoms with Crippen molar-refractivity contribution in [1.82, 2.24) is 5.32 Å². The maximum absolute atomic E-state index is 11.8. The van der Waals surface area contributed by atoms with Crippen LogP contribution in [0.3, 0.4) is 0 Å². The molecule has 0 aliphatic carbocycles. The van der Waals surface area contributed by atoms with Crippen LogP contribution in [0.1, 0.15) is 19.3 Å². The molecule has 1 fully saturated rings. The first-order valence-electron chi connectivity index (χ1n) is 5.67. The Morgan fingerprint density at radius 2 is 2.35 bits per heavy atom. The second-order valence-corrected chi connectivity index (χ2v) is 4.85. The normalized spacial score (nSPS) is 20.9. The number of carbonyl (C=O) groups is 2. The zero-order chi connectivity index (χ0) is 12.7. The summed E-state index contributed by atoms with van der Waals surface area (Å²) in [6, 6.07) is -0.566. The number of carbonyl (C=O) groups excluding carboxylic acids is 2. The van der Waals surface area contributed by atoms with Gasteiger partial charge in [-0.05, 0) is 31.3 Å². The SMILES string of the molecule is COC(=O)C(CCSC)NC(=O)[C@@H]1CCCO1. The van der Waals surface area contributed by atoms with E-state index in [2.05, 4.69) is 10.1 Å². The number of esters is 1. The second kappa shape index (κ2) is 7.55. The maximum atomic E-state index is 11.8. The van der Waals surface area contributed by atoms with Crippen molar-refractivity contribution in [2.45, 2.75) is 31.4 Å². The summed E-state index contributed by atoms with van der Waals surface area (Å²) < 4.78 is 9.93. The van der Waals surface area contributed by atoms with Gasteiger partial charge in [0.1, 0.15) is 12.1 Å². The van der Waals surface area contributed by atoms with E-state index in [4.69, 9.17) is 4.74 Å². The monoisotopic (exact) mass is 261 g/mol. The Balaban J connectivity index is 2.46. The first-order chi connectivity index (χ1) is 8.19. The van der Waals surface area contributed by atoms with E-state index < -0.39 is 18.1 Å². The fourth-order valence-electron chi connectivity index (χ4n) is 1.68. The molecule has 0 spiro atoms. The van der Waals surface area contributed by atoms with Gasteiger partial charge < -0.3 is 14.8 Å². The van der Waals surface area contributed by atoms with Crippen LogP contribution in [0.4, 0.5) is 0 Å². The molecule has 0 aromatic rings. The van der Waals surface area contributed by atoms with E-state index in [1.54, 1.807) is 11.8 Å². The van der Waals surface area contributed by atoms with Gasteiger partial charge in [0, 0.05) is 6.61 Å². The zero-order valence-corrected chi connectivity index (χ0v) is 11.0. The smallest absolute Gasteiger partial charge is 0.328 e. The minimum Gasteiger partial charge on any atom is -0.467 e. The Bertz CT molecular complexity index is 266. The molecule has 98 valence electrons. The van der Waals surface area contributed by atoms with Crippen molar-refractivity contribution in [3.63, 3.8) is 0 Å². The molecule has 1 unspecified atom stereocenters. The number of hydrogen-bond acceptors (Lipinski definition) is 5. The van der Waals surface area contributed by atoms with Crippen LogP contribution in [-0.4, -0.2) is 49.7 Å². The highest BCUT2D eigenvalue weighted by Gasteiger charge is 2.28. The molecule has 0 bridgehead atoms. The number of thioether (sulfide) groups is 1. The molecule has 0 aromatic heterocycles. The highest BCUT2D eigenvalue weighted by Crippen LogP contribution is 2.12. The van der Waals surface area contributed by atoms with Gasteiger partial charge in [0.15, 0.2) is 0 Å². The van der Waals surface area contributed by atoms with Gasteiger partial charge in [-0.25, -0.2) is 4.79 Å². The Morgan fingerprint density at radius 1 is 1.59 bits per heavy atom. The molecule has 2 atom stereocenters. The number of rotatable bonds is 6. The van der Waals surface area contributed by atoms with Gasteiger partial charge >= 0.3 is 5.97 Å². The maximum Gasteiger partial charge on any atom is 0.328 e. The molecule has 0 radical (unpaired) electrons. The van der Waals surface area contributed by atoms with E-state index in [9.17, 15) is 9.59 Å². The minimum absolute atomic E-state index is 0.209. The number of nitrogens with one attached hydrogen (secondary N) is 1. The minimum atomic E-state index is -0.566. The lowest BCUT2D eigenvalue weighted by molar-refractivity contribution is -0.146. The van der Waals surface area contributed by atoms with Crippen molar-refractivity contribution >= 4 is 23.6 Å². The van der Waals surface area contributed by atoms with Gasteiger partial charge in [-0.1, -0.05) is 0 Å². The highest BCUT2D eigenvalue weighted by atomic mass is 32.2. The van der Waals surface area contributed by atoms with Crippen molar-refractivity contribution in [1.29, 1.82) is 0 Å². The van der Waals surface area contributed by atoms with Crippen molar-refractivity contribution in [2.24, 2.45) is 0 Å². The summed E-state index contributed by atoms with van der Waals surface area (Å²) in [7, 11) is 1.33. The van der Waals surface area contributed by atoms with Crippen LogP contribution >= 0.6 is 11.8 Å². The number of hydrogen-bond donors (Lipinski definition) is 1. The highest BCUT2D eigenvalue weighted by molar-refractivity contribution is 7.98. The lowest BCUT2D eigenvalue weighted by Gasteiger charge is -2.18. The van der Waals surface area contributed by atoms with Crippen LogP contribution in [0, 0.1) is 0 Å². The zero-order valence-electron chi connectivity index (χ0n) is 10.2. The van der Waals surface area contributed by atoms with Crippen LogP contribution in [0.2, 0.25) is 0 Å². The molecule has 1 rings (SSSR count). The molecule has 0 saturated carbocycles. The molecule has 17 heavy (non-hydrogen) atoms. The largest absolute Gasteiger partial charge is 0.467 e. The van der Waals surface area contributed by atoms with Crippen LogP contribution in [-0.2, 0) is 19.1 Å². The number of methoxy groups -OCH3 is 1. The van der Waals surface area contributed by atoms with Crippen LogP contribution in [0.15, 0.2) is 0 Å². The van der Waals surface area contributed by atoms with Gasteiger partial charge in [-0.2, -0.15) is 11.8 Å². The van der Waals surface area contributed by atoms with E-state index in [1.807, 2.05) is 6.26 Å². The molecule has 1 heterocycles. The summed E-state index contributed by atoms with van der Waals surface area (Å²) in [5.41, 5.74) is 0. The van der Waals surface area contributed by atoms with Crippen molar-refractivity contribution in [3.8, 4) is 0 Å². The summed E-state index contributed by atoms with van der Waals surface area (Å²) in [5.74, 6) is 0.190. The van der Waals surface area contributed by atoms with Crippen molar-refractivity contribution in [2.75, 3.05) is 25.7 Å². The molecule has 1 aliphatic rings. The van der Waals surface area contributed by atoms with Gasteiger partial charge in [-0.15, -0.1) is 0 Å². The lowest BCUT2D eigenvalue weighted by Crippen LogP contribution is -2.46. The van der Waals surface area contributed by atoms with Gasteiger partial charge in [0.25, 0.3) is 0 Å². The third-order valence-corrected chi connectivity index (χ3v) is 3.28. The first kappa shape index (κ1) is 14.3. The van der Waals surface area contributed by atoms with E-state index in [-0.39, 0.29) is 5.91 Å². The van der Waals surface area contributed by atoms with Crippen LogP contribution in [0.25, 0.3) is 0 Å². The Morgan fingerprint density at radius 3 is 2.88 bits per heavy atom. The molecule has 0 aromatic carbocycles. The standard InChI is InChI=1S/C11H19NO4S/c1-15-11(14)8(5-7-17-2)12-10(13)9-4-3-6-16-9/h8-9H,3-7H2,1-2H3,(H,12,13)/t8?,9-/m0/s1. The third kappa shape index (κ3) is 4.55. The molecule has 1 N–H and O–H groups in total. The average molecular weight is 261 g/mol. The summed E-state index contributed by atoms with van der Waals surface area (Å²) in [4.78, 5) is 23.3. The Hall–Kier alpha value is -0.750. The predicted molar refractivity (Wildman–Crippen MR) is 65.9 cm³/mol. The molecule has 6 heteroatoms. The van der Waals surface area contributed by atoms with Crippen molar-refractivity contribution in [3.05, 3.63) is 0 Å². The summed E-state index contributed by atoms with van der Waals surface area (Å²) in [6.45, 7) is 0.617. The van der Waals surface area contributed by atoms with E-state index >= 15 is 0 Å². The first-order valence-corrected chi connectivity index (χ1v) is 7.07. The molecule has 1 saturated heterocycles. The quantitative estimate of drug-likeness (QED) is 0.708. The summed E-state index contributed by atoms with van der Waals surface area (Å²) in [5, 5.41) is 2.69. The summed E-state index contributed by atoms with van der Waals surface area (Å²) in [6.07, 6.45) is 3.74. The predicted octanol–water partition coefficient (Wildman–Crippen LogP) is 0.576. The summed E-state index contributed by atoms with van der Waals surface area (Å²) >= 11 is 1.63. The molecule has 5 nitrogen and oxygen atoms in total. The fraction of sp³-hybridized carbons (Fsp3) is 0.818. The molecular weight excluding hydrogens is 242 g/mol. The van der Waals surface area contributed by atoms with Crippen LogP contribution in [0.5, 0.6) is 0 Å². The van der Waals surface area contributed by atoms with E-state index in [0.717, 1.165) is 18.6 Å². The van der Waals surface area contributed by atoms with Gasteiger partial charge in [0.05, 0.1) is 7.11 Å². The molecular formula is C11H19NO4S. The van der Waals surface area contributed by atoms with Gasteiger partial charge in [0.2, 0.25) is 5.91 Å². The third-order valence-electron chi connectivity index (χ3n) is 2.63. The topological polar surface area (TPSA) is 64.6 Å². The molecule has 1 amide bonds. The molecule has 1 aliphatic heterocycles. The van der Waals surface area contributed by atoms with Crippen molar-refractivity contribution < 1.29 is 19.1 Å². The average Bonchev–Trinajstić information content (AvgIpc) is 2.87. The Kier molecular flexibility index (Phi) is 6.36. The fourth-order valence-corrected chi connectivity index (χ4v) is 2.15. The Labute approximate surface area is 106 Å². The number of amides is 1. The van der Waals surface area contributed by atoms with Gasteiger partial charge in [-0.3, -0.25) is 4.79 Å². The lowest BCUT2D eigenvalue weighted by atomic mass is 10.2. The van der Waals surface area contributed by atoms with E-state index in [0.29, 0.717) is 13.0 Å². The van der Waals surface area contributed by atoms with E-state index in [1.165, 1.54) is 7.11 Å². The number of ether oxygens (including phenoxy) is 2. The second-order valence-electron chi connectivity index (χ2n) is 3.87. The van der Waals surface area contributed by atoms with Crippen LogP contribution < -0.4 is 5.32 Å².